The van der Waals surface area contributed by atoms with Crippen LogP contribution in [-0.4, -0.2) is 36.2 Å². The number of aryl methyl sites for hydroxylation is 1. The van der Waals surface area contributed by atoms with Gasteiger partial charge in [0.25, 0.3) is 0 Å². The molecule has 2 heterocycles. The Balaban J connectivity index is 1.42. The summed E-state index contributed by atoms with van der Waals surface area (Å²) in [7, 11) is 0. The summed E-state index contributed by atoms with van der Waals surface area (Å²) in [6, 6.07) is 15.1. The second-order valence-electron chi connectivity index (χ2n) is 6.84. The van der Waals surface area contributed by atoms with Crippen molar-refractivity contribution in [1.82, 2.24) is 4.90 Å². The van der Waals surface area contributed by atoms with E-state index in [2.05, 4.69) is 21.2 Å². The SMILES string of the molecule is Cc1cc(=O)oc2cc(NC(=S)N3CCN(c4cccc(Cl)c4)CC3)ccc12. The van der Waals surface area contributed by atoms with Crippen molar-refractivity contribution in [1.29, 1.82) is 0 Å². The van der Waals surface area contributed by atoms with Gasteiger partial charge in [-0.1, -0.05) is 17.7 Å². The number of nitrogens with zero attached hydrogens (tertiary/aromatic N) is 2. The summed E-state index contributed by atoms with van der Waals surface area (Å²) in [5, 5.41) is 5.60. The third-order valence-corrected chi connectivity index (χ3v) is 5.54. The Morgan fingerprint density at radius 2 is 1.89 bits per heavy atom. The average Bonchev–Trinajstić information content (AvgIpc) is 2.67. The first kappa shape index (κ1) is 18.8. The summed E-state index contributed by atoms with van der Waals surface area (Å²) in [6.07, 6.45) is 0. The zero-order valence-electron chi connectivity index (χ0n) is 15.4. The lowest BCUT2D eigenvalue weighted by Crippen LogP contribution is -2.50. The molecule has 4 rings (SSSR count). The van der Waals surface area contributed by atoms with Gasteiger partial charge in [0.15, 0.2) is 5.11 Å². The van der Waals surface area contributed by atoms with Crippen LogP contribution in [0.1, 0.15) is 5.56 Å². The number of rotatable bonds is 2. The topological polar surface area (TPSA) is 48.7 Å². The highest BCUT2D eigenvalue weighted by Crippen LogP contribution is 2.23. The molecule has 1 N–H and O–H groups in total. The first-order chi connectivity index (χ1) is 13.5. The van der Waals surface area contributed by atoms with Crippen LogP contribution in [0.3, 0.4) is 0 Å². The van der Waals surface area contributed by atoms with E-state index in [9.17, 15) is 4.79 Å². The molecule has 0 radical (unpaired) electrons. The van der Waals surface area contributed by atoms with E-state index in [1.165, 1.54) is 6.07 Å². The number of hydrogen-bond acceptors (Lipinski definition) is 4. The Morgan fingerprint density at radius 3 is 2.64 bits per heavy atom. The maximum atomic E-state index is 11.6. The lowest BCUT2D eigenvalue weighted by molar-refractivity contribution is 0.391. The van der Waals surface area contributed by atoms with Gasteiger partial charge >= 0.3 is 5.63 Å². The lowest BCUT2D eigenvalue weighted by Gasteiger charge is -2.37. The molecule has 2 aromatic carbocycles. The highest BCUT2D eigenvalue weighted by Gasteiger charge is 2.19. The van der Waals surface area contributed by atoms with Crippen LogP contribution in [0.15, 0.2) is 57.7 Å². The third-order valence-electron chi connectivity index (χ3n) is 4.94. The summed E-state index contributed by atoms with van der Waals surface area (Å²) >= 11 is 11.7. The summed E-state index contributed by atoms with van der Waals surface area (Å²) in [4.78, 5) is 16.1. The van der Waals surface area contributed by atoms with Gasteiger partial charge in [0.2, 0.25) is 0 Å². The highest BCUT2D eigenvalue weighted by molar-refractivity contribution is 7.80. The summed E-state index contributed by atoms with van der Waals surface area (Å²) in [5.41, 5.74) is 3.05. The standard InChI is InChI=1S/C21H20ClN3O2S/c1-14-11-20(26)27-19-13-16(5-6-18(14)19)23-21(28)25-9-7-24(8-10-25)17-4-2-3-15(22)12-17/h2-6,11-13H,7-10H2,1H3,(H,23,28). The van der Waals surface area contributed by atoms with Gasteiger partial charge in [-0.05, 0) is 55.0 Å². The molecule has 144 valence electrons. The van der Waals surface area contributed by atoms with Crippen LogP contribution in [0, 0.1) is 6.92 Å². The molecule has 0 bridgehead atoms. The zero-order valence-corrected chi connectivity index (χ0v) is 17.0. The van der Waals surface area contributed by atoms with E-state index < -0.39 is 0 Å². The molecular formula is C21H20ClN3O2S. The van der Waals surface area contributed by atoms with E-state index in [1.54, 1.807) is 0 Å². The molecule has 1 saturated heterocycles. The van der Waals surface area contributed by atoms with E-state index in [-0.39, 0.29) is 5.63 Å². The minimum absolute atomic E-state index is 0.345. The van der Waals surface area contributed by atoms with Crippen molar-refractivity contribution in [3.05, 3.63) is 69.5 Å². The fourth-order valence-electron chi connectivity index (χ4n) is 3.45. The van der Waals surface area contributed by atoms with Crippen LogP contribution in [-0.2, 0) is 0 Å². The molecule has 1 aliphatic rings. The smallest absolute Gasteiger partial charge is 0.336 e. The number of nitrogens with one attached hydrogen (secondary N) is 1. The summed E-state index contributed by atoms with van der Waals surface area (Å²) in [5.74, 6) is 0. The van der Waals surface area contributed by atoms with Crippen LogP contribution in [0.5, 0.6) is 0 Å². The van der Waals surface area contributed by atoms with E-state index in [0.29, 0.717) is 10.7 Å². The molecule has 1 aromatic heterocycles. The molecule has 3 aromatic rings. The molecule has 1 fully saturated rings. The number of halogens is 1. The molecule has 0 spiro atoms. The van der Waals surface area contributed by atoms with Gasteiger partial charge in [0, 0.05) is 60.1 Å². The molecule has 1 aliphatic heterocycles. The molecular weight excluding hydrogens is 394 g/mol. The van der Waals surface area contributed by atoms with Crippen molar-refractivity contribution in [2.75, 3.05) is 36.4 Å². The van der Waals surface area contributed by atoms with Gasteiger partial charge in [-0.15, -0.1) is 0 Å². The van der Waals surface area contributed by atoms with Gasteiger partial charge in [-0.25, -0.2) is 4.79 Å². The largest absolute Gasteiger partial charge is 0.423 e. The predicted molar refractivity (Wildman–Crippen MR) is 119 cm³/mol. The maximum absolute atomic E-state index is 11.6. The fraction of sp³-hybridized carbons (Fsp3) is 0.238. The monoisotopic (exact) mass is 413 g/mol. The summed E-state index contributed by atoms with van der Waals surface area (Å²) in [6.45, 7) is 5.28. The number of thiocarbonyl (C=S) groups is 1. The Labute approximate surface area is 173 Å². The normalized spacial score (nSPS) is 14.4. The molecule has 7 heteroatoms. The second-order valence-corrected chi connectivity index (χ2v) is 7.67. The highest BCUT2D eigenvalue weighted by atomic mass is 35.5. The van der Waals surface area contributed by atoms with Crippen LogP contribution >= 0.6 is 23.8 Å². The lowest BCUT2D eigenvalue weighted by atomic mass is 10.1. The maximum Gasteiger partial charge on any atom is 0.336 e. The number of anilines is 2. The summed E-state index contributed by atoms with van der Waals surface area (Å²) < 4.78 is 5.31. The molecule has 28 heavy (non-hydrogen) atoms. The van der Waals surface area contributed by atoms with Gasteiger partial charge in [-0.2, -0.15) is 0 Å². The van der Waals surface area contributed by atoms with Crippen molar-refractivity contribution < 1.29 is 4.42 Å². The van der Waals surface area contributed by atoms with Crippen LogP contribution in [0.25, 0.3) is 11.0 Å². The van der Waals surface area contributed by atoms with E-state index in [0.717, 1.165) is 53.5 Å². The Hall–Kier alpha value is -2.57. The van der Waals surface area contributed by atoms with Gasteiger partial charge in [0.1, 0.15) is 5.58 Å². The fourth-order valence-corrected chi connectivity index (χ4v) is 3.93. The van der Waals surface area contributed by atoms with E-state index in [1.807, 2.05) is 43.3 Å². The van der Waals surface area contributed by atoms with E-state index >= 15 is 0 Å². The second kappa shape index (κ2) is 7.81. The zero-order chi connectivity index (χ0) is 19.7. The van der Waals surface area contributed by atoms with Crippen LogP contribution in [0.4, 0.5) is 11.4 Å². The first-order valence-electron chi connectivity index (χ1n) is 9.10. The van der Waals surface area contributed by atoms with Crippen LogP contribution < -0.4 is 15.8 Å². The van der Waals surface area contributed by atoms with Gasteiger partial charge in [-0.3, -0.25) is 0 Å². The molecule has 0 amide bonds. The van der Waals surface area contributed by atoms with Gasteiger partial charge in [0.05, 0.1) is 0 Å². The Kier molecular flexibility index (Phi) is 5.24. The molecule has 0 saturated carbocycles. The number of piperazine rings is 1. The Bertz CT molecular complexity index is 1090. The average molecular weight is 414 g/mol. The minimum Gasteiger partial charge on any atom is -0.423 e. The predicted octanol–water partition coefficient (Wildman–Crippen LogP) is 4.27. The number of hydrogen-bond donors (Lipinski definition) is 1. The molecule has 0 atom stereocenters. The van der Waals surface area contributed by atoms with Crippen molar-refractivity contribution in [2.45, 2.75) is 6.92 Å². The molecule has 0 unspecified atom stereocenters. The van der Waals surface area contributed by atoms with Gasteiger partial charge < -0.3 is 19.5 Å². The minimum atomic E-state index is -0.345. The third kappa shape index (κ3) is 3.98. The first-order valence-corrected chi connectivity index (χ1v) is 9.89. The molecule has 5 nitrogen and oxygen atoms in total. The molecule has 0 aliphatic carbocycles. The van der Waals surface area contributed by atoms with Crippen molar-refractivity contribution in [3.8, 4) is 0 Å². The van der Waals surface area contributed by atoms with Crippen molar-refractivity contribution in [2.24, 2.45) is 0 Å². The van der Waals surface area contributed by atoms with Crippen molar-refractivity contribution in [3.63, 3.8) is 0 Å². The van der Waals surface area contributed by atoms with E-state index in [4.69, 9.17) is 28.2 Å². The quantitative estimate of drug-likeness (QED) is 0.500. The van der Waals surface area contributed by atoms with Crippen molar-refractivity contribution >= 4 is 51.3 Å². The number of fused-ring (bicyclic) bond motifs is 1. The number of benzene rings is 2. The Morgan fingerprint density at radius 1 is 1.11 bits per heavy atom. The van der Waals surface area contributed by atoms with Crippen LogP contribution in [0.2, 0.25) is 5.02 Å².